The largest absolute Gasteiger partial charge is 0.484 e. The Labute approximate surface area is 140 Å². The zero-order valence-electron chi connectivity index (χ0n) is 12.8. The molecular formula is C18H11FN2O4. The summed E-state index contributed by atoms with van der Waals surface area (Å²) < 4.78 is 28.8. The number of hydrogen-bond donors (Lipinski definition) is 0. The molecule has 0 atom stereocenters. The highest BCUT2D eigenvalue weighted by molar-refractivity contribution is 5.77. The number of nitrogens with zero attached hydrogens (tertiary/aromatic N) is 2. The van der Waals surface area contributed by atoms with E-state index in [0.717, 1.165) is 5.39 Å². The van der Waals surface area contributed by atoms with Gasteiger partial charge in [0.25, 0.3) is 5.89 Å². The van der Waals surface area contributed by atoms with Gasteiger partial charge in [-0.2, -0.15) is 4.98 Å². The summed E-state index contributed by atoms with van der Waals surface area (Å²) >= 11 is 0. The highest BCUT2D eigenvalue weighted by Gasteiger charge is 2.10. The van der Waals surface area contributed by atoms with Gasteiger partial charge in [-0.1, -0.05) is 5.16 Å². The van der Waals surface area contributed by atoms with Crippen LogP contribution >= 0.6 is 0 Å². The zero-order valence-corrected chi connectivity index (χ0v) is 12.8. The van der Waals surface area contributed by atoms with Gasteiger partial charge < -0.3 is 13.7 Å². The van der Waals surface area contributed by atoms with E-state index < -0.39 is 5.63 Å². The maximum atomic E-state index is 12.9. The van der Waals surface area contributed by atoms with Crippen molar-refractivity contribution in [3.63, 3.8) is 0 Å². The van der Waals surface area contributed by atoms with Crippen molar-refractivity contribution < 1.29 is 18.1 Å². The van der Waals surface area contributed by atoms with Crippen molar-refractivity contribution in [1.29, 1.82) is 0 Å². The number of aromatic nitrogens is 2. The van der Waals surface area contributed by atoms with Gasteiger partial charge in [0.1, 0.15) is 17.1 Å². The predicted molar refractivity (Wildman–Crippen MR) is 86.5 cm³/mol. The van der Waals surface area contributed by atoms with E-state index in [-0.39, 0.29) is 18.3 Å². The molecule has 2 aromatic carbocycles. The van der Waals surface area contributed by atoms with E-state index in [0.29, 0.717) is 22.7 Å². The van der Waals surface area contributed by atoms with Gasteiger partial charge in [0, 0.05) is 23.1 Å². The lowest BCUT2D eigenvalue weighted by molar-refractivity contribution is 0.243. The van der Waals surface area contributed by atoms with E-state index in [1.807, 2.05) is 0 Å². The lowest BCUT2D eigenvalue weighted by atomic mass is 10.2. The molecule has 7 heteroatoms. The normalized spacial score (nSPS) is 10.9. The lowest BCUT2D eigenvalue weighted by Crippen LogP contribution is -1.97. The van der Waals surface area contributed by atoms with Crippen molar-refractivity contribution in [2.75, 3.05) is 0 Å². The Hall–Kier alpha value is -3.48. The molecule has 4 aromatic rings. The van der Waals surface area contributed by atoms with E-state index >= 15 is 0 Å². The van der Waals surface area contributed by atoms with E-state index in [2.05, 4.69) is 10.1 Å². The van der Waals surface area contributed by atoms with Crippen molar-refractivity contribution in [2.24, 2.45) is 0 Å². The molecule has 0 bridgehead atoms. The Balaban J connectivity index is 1.50. The van der Waals surface area contributed by atoms with Gasteiger partial charge in [0.15, 0.2) is 6.61 Å². The van der Waals surface area contributed by atoms with Crippen LogP contribution in [-0.2, 0) is 6.61 Å². The van der Waals surface area contributed by atoms with Crippen LogP contribution in [0.25, 0.3) is 22.4 Å². The molecule has 0 aliphatic heterocycles. The second kappa shape index (κ2) is 6.20. The standard InChI is InChI=1S/C18H11FN2O4/c19-13-5-1-12(2-6-13)18-20-16(25-21-18)10-23-14-7-3-11-4-8-17(22)24-15(11)9-14/h1-9H,10H2. The fourth-order valence-corrected chi connectivity index (χ4v) is 2.31. The monoisotopic (exact) mass is 338 g/mol. The van der Waals surface area contributed by atoms with E-state index in [1.54, 1.807) is 36.4 Å². The molecule has 2 heterocycles. The van der Waals surface area contributed by atoms with E-state index in [1.165, 1.54) is 18.2 Å². The molecule has 0 unspecified atom stereocenters. The third-order valence-electron chi connectivity index (χ3n) is 3.53. The molecule has 6 nitrogen and oxygen atoms in total. The average molecular weight is 338 g/mol. The maximum Gasteiger partial charge on any atom is 0.336 e. The lowest BCUT2D eigenvalue weighted by Gasteiger charge is -2.03. The van der Waals surface area contributed by atoms with Crippen molar-refractivity contribution >= 4 is 11.0 Å². The summed E-state index contributed by atoms with van der Waals surface area (Å²) in [5, 5.41) is 4.64. The fourth-order valence-electron chi connectivity index (χ4n) is 2.31. The second-order valence-electron chi connectivity index (χ2n) is 5.26. The molecule has 4 rings (SSSR count). The summed E-state index contributed by atoms with van der Waals surface area (Å²) in [4.78, 5) is 15.5. The van der Waals surface area contributed by atoms with Crippen LogP contribution in [0.4, 0.5) is 4.39 Å². The molecule has 0 spiro atoms. The van der Waals surface area contributed by atoms with Gasteiger partial charge in [-0.05, 0) is 42.5 Å². The first-order valence-corrected chi connectivity index (χ1v) is 7.43. The fraction of sp³-hybridized carbons (Fsp3) is 0.0556. The number of rotatable bonds is 4. The molecule has 0 radical (unpaired) electrons. The van der Waals surface area contributed by atoms with Crippen LogP contribution in [0.3, 0.4) is 0 Å². The van der Waals surface area contributed by atoms with Crippen molar-refractivity contribution in [3.05, 3.63) is 76.7 Å². The Morgan fingerprint density at radius 2 is 1.84 bits per heavy atom. The van der Waals surface area contributed by atoms with Gasteiger partial charge in [0.2, 0.25) is 5.82 Å². The minimum atomic E-state index is -0.425. The molecule has 0 aliphatic carbocycles. The van der Waals surface area contributed by atoms with Crippen LogP contribution in [0.5, 0.6) is 5.75 Å². The molecule has 0 fully saturated rings. The van der Waals surface area contributed by atoms with E-state index in [9.17, 15) is 9.18 Å². The molecular weight excluding hydrogens is 327 g/mol. The van der Waals surface area contributed by atoms with Crippen LogP contribution in [0.15, 0.2) is 68.3 Å². The Kier molecular flexibility index (Phi) is 3.74. The maximum absolute atomic E-state index is 12.9. The summed E-state index contributed by atoms with van der Waals surface area (Å²) in [7, 11) is 0. The summed E-state index contributed by atoms with van der Waals surface area (Å²) in [6.07, 6.45) is 0. The molecule has 0 amide bonds. The first-order chi connectivity index (χ1) is 12.2. The Morgan fingerprint density at radius 3 is 2.68 bits per heavy atom. The van der Waals surface area contributed by atoms with Gasteiger partial charge in [-0.3, -0.25) is 0 Å². The van der Waals surface area contributed by atoms with Crippen LogP contribution in [0.1, 0.15) is 5.89 Å². The quantitative estimate of drug-likeness (QED) is 0.529. The third-order valence-corrected chi connectivity index (χ3v) is 3.53. The molecule has 0 N–H and O–H groups in total. The van der Waals surface area contributed by atoms with Gasteiger partial charge in [0.05, 0.1) is 0 Å². The number of halogens is 1. The Bertz CT molecular complexity index is 1090. The molecule has 0 aliphatic rings. The summed E-state index contributed by atoms with van der Waals surface area (Å²) in [6.45, 7) is 0.0523. The minimum Gasteiger partial charge on any atom is -0.484 e. The van der Waals surface area contributed by atoms with Crippen LogP contribution in [0, 0.1) is 5.82 Å². The van der Waals surface area contributed by atoms with Gasteiger partial charge in [-0.25, -0.2) is 9.18 Å². The number of hydrogen-bond acceptors (Lipinski definition) is 6. The minimum absolute atomic E-state index is 0.0523. The third kappa shape index (κ3) is 3.25. The smallest absolute Gasteiger partial charge is 0.336 e. The topological polar surface area (TPSA) is 78.4 Å². The zero-order chi connectivity index (χ0) is 17.2. The van der Waals surface area contributed by atoms with Crippen molar-refractivity contribution in [3.8, 4) is 17.1 Å². The summed E-state index contributed by atoms with van der Waals surface area (Å²) in [5.74, 6) is 0.791. The summed E-state index contributed by atoms with van der Waals surface area (Å²) in [6, 6.07) is 14.0. The molecule has 124 valence electrons. The number of ether oxygens (including phenoxy) is 1. The van der Waals surface area contributed by atoms with Gasteiger partial charge in [-0.15, -0.1) is 0 Å². The highest BCUT2D eigenvalue weighted by Crippen LogP contribution is 2.21. The molecule has 25 heavy (non-hydrogen) atoms. The molecule has 2 aromatic heterocycles. The number of fused-ring (bicyclic) bond motifs is 1. The van der Waals surface area contributed by atoms with Crippen LogP contribution in [-0.4, -0.2) is 10.1 Å². The van der Waals surface area contributed by atoms with Gasteiger partial charge >= 0.3 is 5.63 Å². The van der Waals surface area contributed by atoms with Crippen molar-refractivity contribution in [2.45, 2.75) is 6.61 Å². The molecule has 0 saturated carbocycles. The van der Waals surface area contributed by atoms with E-state index in [4.69, 9.17) is 13.7 Å². The highest BCUT2D eigenvalue weighted by atomic mass is 19.1. The first-order valence-electron chi connectivity index (χ1n) is 7.43. The summed E-state index contributed by atoms with van der Waals surface area (Å²) in [5.41, 5.74) is 0.650. The SMILES string of the molecule is O=c1ccc2ccc(OCc3nc(-c4ccc(F)cc4)no3)cc2o1. The van der Waals surface area contributed by atoms with Crippen LogP contribution in [0.2, 0.25) is 0 Å². The number of benzene rings is 2. The average Bonchev–Trinajstić information content (AvgIpc) is 3.09. The molecule has 0 saturated heterocycles. The second-order valence-corrected chi connectivity index (χ2v) is 5.26. The first kappa shape index (κ1) is 15.1. The van der Waals surface area contributed by atoms with Crippen LogP contribution < -0.4 is 10.4 Å². The predicted octanol–water partition coefficient (Wildman–Crippen LogP) is 3.56. The Morgan fingerprint density at radius 1 is 1.04 bits per heavy atom. The van der Waals surface area contributed by atoms with Crippen molar-refractivity contribution in [1.82, 2.24) is 10.1 Å².